The summed E-state index contributed by atoms with van der Waals surface area (Å²) in [6, 6.07) is 0. The molecule has 5 nitrogen and oxygen atoms in total. The van der Waals surface area contributed by atoms with E-state index in [1.54, 1.807) is 0 Å². The Labute approximate surface area is 155 Å². The van der Waals surface area contributed by atoms with Gasteiger partial charge in [0.25, 0.3) is 0 Å². The number of Topliss-reactive ketones (excluding diaryl/α,β-unsaturated/α-hetero) is 2. The first kappa shape index (κ1) is 18.6. The second-order valence-electron chi connectivity index (χ2n) is 10.0. The maximum Gasteiger partial charge on any atom is 0.161 e. The highest BCUT2D eigenvalue weighted by atomic mass is 16.3. The zero-order valence-corrected chi connectivity index (χ0v) is 16.1. The van der Waals surface area contributed by atoms with Gasteiger partial charge in [0.15, 0.2) is 5.78 Å². The lowest BCUT2D eigenvalue weighted by atomic mass is 9.43. The van der Waals surface area contributed by atoms with Gasteiger partial charge in [-0.25, -0.2) is 0 Å². The van der Waals surface area contributed by atoms with Gasteiger partial charge in [-0.05, 0) is 68.1 Å². The number of rotatable bonds is 1. The van der Waals surface area contributed by atoms with Gasteiger partial charge in [0.1, 0.15) is 11.4 Å². The molecule has 0 saturated heterocycles. The number of hydrogen-bond donors (Lipinski definition) is 3. The summed E-state index contributed by atoms with van der Waals surface area (Å²) >= 11 is 0. The first-order valence-corrected chi connectivity index (χ1v) is 10.2. The Balaban J connectivity index is 1.74. The van der Waals surface area contributed by atoms with Crippen LogP contribution in [0.3, 0.4) is 0 Å². The summed E-state index contributed by atoms with van der Waals surface area (Å²) in [5.74, 6) is -0.0468. The minimum absolute atomic E-state index is 0.0233. The lowest BCUT2D eigenvalue weighted by Gasteiger charge is -2.63. The molecule has 4 fully saturated rings. The number of ketones is 2. The molecule has 5 heteroatoms. The predicted molar refractivity (Wildman–Crippen MR) is 95.1 cm³/mol. The third-order valence-corrected chi connectivity index (χ3v) is 9.31. The van der Waals surface area contributed by atoms with Crippen LogP contribution >= 0.6 is 0 Å². The van der Waals surface area contributed by atoms with Gasteiger partial charge < -0.3 is 15.3 Å². The van der Waals surface area contributed by atoms with Crippen molar-refractivity contribution >= 4 is 11.6 Å². The van der Waals surface area contributed by atoms with Crippen LogP contribution in [-0.2, 0) is 9.59 Å². The number of carbonyl (C=O) groups is 2. The summed E-state index contributed by atoms with van der Waals surface area (Å²) in [4.78, 5) is 24.3. The highest BCUT2D eigenvalue weighted by Gasteiger charge is 2.69. The van der Waals surface area contributed by atoms with E-state index in [2.05, 4.69) is 6.92 Å². The molecule has 0 spiro atoms. The highest BCUT2D eigenvalue weighted by Crippen LogP contribution is 2.68. The van der Waals surface area contributed by atoms with Crippen LogP contribution in [0.25, 0.3) is 0 Å². The Kier molecular flexibility index (Phi) is 4.01. The molecule has 26 heavy (non-hydrogen) atoms. The number of carbonyl (C=O) groups excluding carboxylic acids is 2. The van der Waals surface area contributed by atoms with Crippen molar-refractivity contribution in [2.45, 2.75) is 83.5 Å². The number of aliphatic hydroxyl groups is 3. The first-order valence-electron chi connectivity index (χ1n) is 10.2. The second kappa shape index (κ2) is 5.62. The molecule has 0 radical (unpaired) electrons. The Morgan fingerprint density at radius 2 is 1.65 bits per heavy atom. The van der Waals surface area contributed by atoms with Crippen LogP contribution in [0.1, 0.15) is 65.7 Å². The minimum Gasteiger partial charge on any atom is -0.390 e. The van der Waals surface area contributed by atoms with Gasteiger partial charge in [-0.1, -0.05) is 13.8 Å². The molecular formula is C21H32O5. The smallest absolute Gasteiger partial charge is 0.161 e. The molecule has 0 amide bonds. The van der Waals surface area contributed by atoms with Crippen molar-refractivity contribution in [3.8, 4) is 0 Å². The third kappa shape index (κ3) is 2.08. The van der Waals surface area contributed by atoms with Crippen molar-refractivity contribution in [3.05, 3.63) is 0 Å². The van der Waals surface area contributed by atoms with Crippen molar-refractivity contribution < 1.29 is 24.9 Å². The third-order valence-electron chi connectivity index (χ3n) is 9.31. The van der Waals surface area contributed by atoms with Gasteiger partial charge in [-0.2, -0.15) is 0 Å². The van der Waals surface area contributed by atoms with E-state index < -0.39 is 23.2 Å². The van der Waals surface area contributed by atoms with E-state index in [9.17, 15) is 24.9 Å². The van der Waals surface area contributed by atoms with E-state index in [-0.39, 0.29) is 40.7 Å². The van der Waals surface area contributed by atoms with Crippen LogP contribution in [0.4, 0.5) is 0 Å². The van der Waals surface area contributed by atoms with Crippen LogP contribution in [0, 0.1) is 34.5 Å². The largest absolute Gasteiger partial charge is 0.390 e. The molecule has 4 aliphatic rings. The SMILES string of the molecule is CC(=O)[C@@]1(O)CC[C@H]2[C@@H]3[C@@H](O)[C@H](O)[C@H]4CC(=O)CC[C@]4(C)[C@H]3CC[C@@]21C. The van der Waals surface area contributed by atoms with E-state index in [0.717, 1.165) is 19.3 Å². The Morgan fingerprint density at radius 1 is 1.00 bits per heavy atom. The monoisotopic (exact) mass is 364 g/mol. The van der Waals surface area contributed by atoms with Gasteiger partial charge in [-0.3, -0.25) is 9.59 Å². The van der Waals surface area contributed by atoms with Crippen LogP contribution in [0.2, 0.25) is 0 Å². The second-order valence-corrected chi connectivity index (χ2v) is 10.0. The fourth-order valence-corrected chi connectivity index (χ4v) is 7.65. The molecule has 0 unspecified atom stereocenters. The zero-order chi connectivity index (χ0) is 19.1. The quantitative estimate of drug-likeness (QED) is 0.660. The normalized spacial score (nSPS) is 56.5. The summed E-state index contributed by atoms with van der Waals surface area (Å²) in [5, 5.41) is 33.1. The number of hydrogen-bond acceptors (Lipinski definition) is 5. The molecule has 0 aromatic carbocycles. The molecule has 0 heterocycles. The lowest BCUT2D eigenvalue weighted by Crippen LogP contribution is -2.65. The predicted octanol–water partition coefficient (Wildman–Crippen LogP) is 1.86. The molecule has 146 valence electrons. The van der Waals surface area contributed by atoms with Crippen molar-refractivity contribution in [2.75, 3.05) is 0 Å². The topological polar surface area (TPSA) is 94.8 Å². The molecule has 4 aliphatic carbocycles. The maximum absolute atomic E-state index is 12.3. The Bertz CT molecular complexity index is 646. The summed E-state index contributed by atoms with van der Waals surface area (Å²) < 4.78 is 0. The van der Waals surface area contributed by atoms with Crippen molar-refractivity contribution in [3.63, 3.8) is 0 Å². The van der Waals surface area contributed by atoms with Crippen molar-refractivity contribution in [2.24, 2.45) is 34.5 Å². The summed E-state index contributed by atoms with van der Waals surface area (Å²) in [7, 11) is 0. The van der Waals surface area contributed by atoms with Crippen LogP contribution in [0.15, 0.2) is 0 Å². The van der Waals surface area contributed by atoms with Crippen molar-refractivity contribution in [1.82, 2.24) is 0 Å². The van der Waals surface area contributed by atoms with Gasteiger partial charge >= 0.3 is 0 Å². The van der Waals surface area contributed by atoms with Gasteiger partial charge in [-0.15, -0.1) is 0 Å². The van der Waals surface area contributed by atoms with Gasteiger partial charge in [0, 0.05) is 18.3 Å². The standard InChI is InChI=1S/C21H32O5/c1-11(22)21(26)9-6-14-16-13(5-8-20(14,21)3)19(2)7-4-12(23)10-15(19)17(24)18(16)25/h13-18,24-26H,4-10H2,1-3H3/t13-,14-,15+,16+,17+,18+,19+,20-,21-/m0/s1. The number of aliphatic hydroxyl groups excluding tert-OH is 2. The van der Waals surface area contributed by atoms with E-state index in [4.69, 9.17) is 0 Å². The first-order chi connectivity index (χ1) is 12.1. The average Bonchev–Trinajstić information content (AvgIpc) is 2.87. The van der Waals surface area contributed by atoms with Crippen LogP contribution in [-0.4, -0.2) is 44.7 Å². The summed E-state index contributed by atoms with van der Waals surface area (Å²) in [6.45, 7) is 5.65. The zero-order valence-electron chi connectivity index (χ0n) is 16.1. The molecule has 3 N–H and O–H groups in total. The van der Waals surface area contributed by atoms with E-state index in [0.29, 0.717) is 25.7 Å². The minimum atomic E-state index is -1.33. The maximum atomic E-state index is 12.3. The number of fused-ring (bicyclic) bond motifs is 5. The average molecular weight is 364 g/mol. The Morgan fingerprint density at radius 3 is 2.31 bits per heavy atom. The summed E-state index contributed by atoms with van der Waals surface area (Å²) in [5.41, 5.74) is -2.03. The summed E-state index contributed by atoms with van der Waals surface area (Å²) in [6.07, 6.45) is 2.62. The molecule has 4 rings (SSSR count). The molecule has 0 aliphatic heterocycles. The van der Waals surface area contributed by atoms with Crippen molar-refractivity contribution in [1.29, 1.82) is 0 Å². The molecular weight excluding hydrogens is 332 g/mol. The fourth-order valence-electron chi connectivity index (χ4n) is 7.65. The highest BCUT2D eigenvalue weighted by molar-refractivity contribution is 5.86. The molecule has 0 bridgehead atoms. The van der Waals surface area contributed by atoms with Crippen LogP contribution in [0.5, 0.6) is 0 Å². The van der Waals surface area contributed by atoms with E-state index in [1.165, 1.54) is 6.92 Å². The molecule has 9 atom stereocenters. The van der Waals surface area contributed by atoms with Gasteiger partial charge in [0.05, 0.1) is 12.2 Å². The van der Waals surface area contributed by atoms with E-state index in [1.807, 2.05) is 6.92 Å². The van der Waals surface area contributed by atoms with Crippen LogP contribution < -0.4 is 0 Å². The molecule has 0 aromatic rings. The molecule has 4 saturated carbocycles. The Hall–Kier alpha value is -0.780. The fraction of sp³-hybridized carbons (Fsp3) is 0.905. The van der Waals surface area contributed by atoms with Gasteiger partial charge in [0.2, 0.25) is 0 Å². The lowest BCUT2D eigenvalue weighted by molar-refractivity contribution is -0.222. The van der Waals surface area contributed by atoms with E-state index >= 15 is 0 Å². The molecule has 0 aromatic heterocycles.